The minimum absolute atomic E-state index is 0.0974. The number of aryl methyl sites for hydroxylation is 1. The summed E-state index contributed by atoms with van der Waals surface area (Å²) in [5.41, 5.74) is 7.82. The summed E-state index contributed by atoms with van der Waals surface area (Å²) in [6.45, 7) is 6.78. The molecule has 3 heteroatoms. The molecule has 2 rings (SSSR count). The van der Waals surface area contributed by atoms with E-state index in [4.69, 9.17) is 5.73 Å². The molecule has 1 aromatic carbocycles. The number of rotatable bonds is 3. The summed E-state index contributed by atoms with van der Waals surface area (Å²) in [4.78, 5) is 2.30. The van der Waals surface area contributed by atoms with E-state index in [0.717, 1.165) is 30.6 Å². The second-order valence-corrected chi connectivity index (χ2v) is 5.24. The minimum Gasteiger partial charge on any atom is -0.328 e. The molecule has 0 aromatic heterocycles. The Hall–Kier alpha value is -0.930. The van der Waals surface area contributed by atoms with Gasteiger partial charge in [0.25, 0.3) is 0 Å². The molecule has 0 bridgehead atoms. The van der Waals surface area contributed by atoms with Gasteiger partial charge in [0.15, 0.2) is 0 Å². The maximum Gasteiger partial charge on any atom is 0.127 e. The molecule has 1 saturated heterocycles. The van der Waals surface area contributed by atoms with Crippen LogP contribution < -0.4 is 5.73 Å². The van der Waals surface area contributed by atoms with Gasteiger partial charge in [0.05, 0.1) is 0 Å². The van der Waals surface area contributed by atoms with Crippen LogP contribution in [-0.4, -0.2) is 24.0 Å². The van der Waals surface area contributed by atoms with Gasteiger partial charge >= 0.3 is 0 Å². The van der Waals surface area contributed by atoms with Gasteiger partial charge in [-0.2, -0.15) is 0 Å². The Bertz CT molecular complexity index is 390. The van der Waals surface area contributed by atoms with E-state index in [0.29, 0.717) is 12.5 Å². The van der Waals surface area contributed by atoms with Crippen LogP contribution in [0.3, 0.4) is 0 Å². The van der Waals surface area contributed by atoms with E-state index in [9.17, 15) is 4.39 Å². The molecule has 2 nitrogen and oxygen atoms in total. The van der Waals surface area contributed by atoms with Crippen molar-refractivity contribution in [2.45, 2.75) is 32.9 Å². The zero-order chi connectivity index (χ0) is 12.4. The van der Waals surface area contributed by atoms with Crippen molar-refractivity contribution < 1.29 is 4.39 Å². The smallest absolute Gasteiger partial charge is 0.127 e. The Morgan fingerprint density at radius 1 is 1.53 bits per heavy atom. The highest BCUT2D eigenvalue weighted by atomic mass is 19.1. The number of halogens is 1. The second-order valence-electron chi connectivity index (χ2n) is 5.24. The Morgan fingerprint density at radius 2 is 2.29 bits per heavy atom. The van der Waals surface area contributed by atoms with E-state index < -0.39 is 0 Å². The lowest BCUT2D eigenvalue weighted by Crippen LogP contribution is -2.29. The average molecular weight is 236 g/mol. The van der Waals surface area contributed by atoms with Crippen LogP contribution in [0, 0.1) is 18.7 Å². The monoisotopic (exact) mass is 236 g/mol. The number of likely N-dealkylation sites (tertiary alicyclic amines) is 1. The molecule has 1 fully saturated rings. The van der Waals surface area contributed by atoms with Gasteiger partial charge in [-0.15, -0.1) is 0 Å². The standard InChI is InChI=1S/C14H21FN2/c1-10-3-4-14(15)13(7-10)9-17-6-5-12(8-17)11(2)16/h3-4,7,11-12H,5-6,8-9,16H2,1-2H3. The van der Waals surface area contributed by atoms with Gasteiger partial charge in [0.2, 0.25) is 0 Å². The summed E-state index contributed by atoms with van der Waals surface area (Å²) in [5, 5.41) is 0. The first-order valence-corrected chi connectivity index (χ1v) is 6.29. The molecule has 1 aliphatic rings. The Balaban J connectivity index is 2.00. The van der Waals surface area contributed by atoms with Crippen molar-refractivity contribution in [1.82, 2.24) is 4.90 Å². The first kappa shape index (κ1) is 12.5. The molecule has 0 radical (unpaired) electrons. The molecule has 2 unspecified atom stereocenters. The lowest BCUT2D eigenvalue weighted by molar-refractivity contribution is 0.304. The van der Waals surface area contributed by atoms with Crippen LogP contribution in [0.15, 0.2) is 18.2 Å². The van der Waals surface area contributed by atoms with Gasteiger partial charge in [0.1, 0.15) is 5.82 Å². The van der Waals surface area contributed by atoms with Crippen LogP contribution >= 0.6 is 0 Å². The average Bonchev–Trinajstić information content (AvgIpc) is 2.72. The van der Waals surface area contributed by atoms with Gasteiger partial charge in [0, 0.05) is 24.7 Å². The normalized spacial score (nSPS) is 22.9. The van der Waals surface area contributed by atoms with Gasteiger partial charge in [-0.3, -0.25) is 4.90 Å². The summed E-state index contributed by atoms with van der Waals surface area (Å²) in [6, 6.07) is 5.55. The molecule has 2 N–H and O–H groups in total. The van der Waals surface area contributed by atoms with Crippen molar-refractivity contribution in [3.63, 3.8) is 0 Å². The van der Waals surface area contributed by atoms with E-state index >= 15 is 0 Å². The van der Waals surface area contributed by atoms with Gasteiger partial charge in [-0.05, 0) is 38.8 Å². The fourth-order valence-electron chi connectivity index (χ4n) is 2.50. The SMILES string of the molecule is Cc1ccc(F)c(CN2CCC(C(C)N)C2)c1. The lowest BCUT2D eigenvalue weighted by atomic mass is 10.0. The third-order valence-corrected chi connectivity index (χ3v) is 3.65. The first-order chi connectivity index (χ1) is 8.06. The molecule has 17 heavy (non-hydrogen) atoms. The van der Waals surface area contributed by atoms with Crippen LogP contribution in [0.5, 0.6) is 0 Å². The van der Waals surface area contributed by atoms with Gasteiger partial charge < -0.3 is 5.73 Å². The maximum absolute atomic E-state index is 13.6. The minimum atomic E-state index is -0.0974. The van der Waals surface area contributed by atoms with Crippen LogP contribution in [0.25, 0.3) is 0 Å². The lowest BCUT2D eigenvalue weighted by Gasteiger charge is -2.18. The molecule has 0 aliphatic carbocycles. The van der Waals surface area contributed by atoms with Crippen molar-refractivity contribution in [2.24, 2.45) is 11.7 Å². The van der Waals surface area contributed by atoms with Crippen LogP contribution in [0.2, 0.25) is 0 Å². The number of nitrogens with two attached hydrogens (primary N) is 1. The number of hydrogen-bond donors (Lipinski definition) is 1. The van der Waals surface area contributed by atoms with Crippen LogP contribution in [0.1, 0.15) is 24.5 Å². The summed E-state index contributed by atoms with van der Waals surface area (Å²) in [7, 11) is 0. The molecule has 0 amide bonds. The predicted octanol–water partition coefficient (Wildman–Crippen LogP) is 2.30. The Morgan fingerprint density at radius 3 is 2.94 bits per heavy atom. The van der Waals surface area contributed by atoms with E-state index in [2.05, 4.69) is 11.8 Å². The Labute approximate surface area is 103 Å². The fourth-order valence-corrected chi connectivity index (χ4v) is 2.50. The fraction of sp³-hybridized carbons (Fsp3) is 0.571. The summed E-state index contributed by atoms with van der Waals surface area (Å²) in [6.07, 6.45) is 1.13. The highest BCUT2D eigenvalue weighted by Crippen LogP contribution is 2.22. The van der Waals surface area contributed by atoms with E-state index in [-0.39, 0.29) is 11.9 Å². The Kier molecular flexibility index (Phi) is 3.79. The summed E-state index contributed by atoms with van der Waals surface area (Å²) >= 11 is 0. The molecule has 94 valence electrons. The largest absolute Gasteiger partial charge is 0.328 e. The van der Waals surface area contributed by atoms with Crippen molar-refractivity contribution in [3.05, 3.63) is 35.1 Å². The van der Waals surface area contributed by atoms with E-state index in [1.54, 1.807) is 6.07 Å². The summed E-state index contributed by atoms with van der Waals surface area (Å²) in [5.74, 6) is 0.461. The van der Waals surface area contributed by atoms with E-state index in [1.165, 1.54) is 0 Å². The van der Waals surface area contributed by atoms with Crippen molar-refractivity contribution in [1.29, 1.82) is 0 Å². The first-order valence-electron chi connectivity index (χ1n) is 6.29. The highest BCUT2D eigenvalue weighted by molar-refractivity contribution is 5.24. The molecule has 1 aromatic rings. The second kappa shape index (κ2) is 5.15. The van der Waals surface area contributed by atoms with Crippen LogP contribution in [0.4, 0.5) is 4.39 Å². The highest BCUT2D eigenvalue weighted by Gasteiger charge is 2.25. The molecule has 1 aliphatic heterocycles. The van der Waals surface area contributed by atoms with Crippen molar-refractivity contribution in [2.75, 3.05) is 13.1 Å². The zero-order valence-electron chi connectivity index (χ0n) is 10.6. The van der Waals surface area contributed by atoms with Gasteiger partial charge in [-0.25, -0.2) is 4.39 Å². The zero-order valence-corrected chi connectivity index (χ0v) is 10.6. The topological polar surface area (TPSA) is 29.3 Å². The maximum atomic E-state index is 13.6. The molecule has 0 saturated carbocycles. The van der Waals surface area contributed by atoms with Crippen molar-refractivity contribution >= 4 is 0 Å². The molecule has 2 atom stereocenters. The third-order valence-electron chi connectivity index (χ3n) is 3.65. The van der Waals surface area contributed by atoms with E-state index in [1.807, 2.05) is 19.1 Å². The number of nitrogens with zero attached hydrogens (tertiary/aromatic N) is 1. The molecule has 0 spiro atoms. The molecular weight excluding hydrogens is 215 g/mol. The van der Waals surface area contributed by atoms with Gasteiger partial charge in [-0.1, -0.05) is 17.7 Å². The third kappa shape index (κ3) is 3.05. The predicted molar refractivity (Wildman–Crippen MR) is 68.2 cm³/mol. The summed E-state index contributed by atoms with van der Waals surface area (Å²) < 4.78 is 13.6. The molecular formula is C14H21FN2. The number of hydrogen-bond acceptors (Lipinski definition) is 2. The molecule has 1 heterocycles. The van der Waals surface area contributed by atoms with Crippen molar-refractivity contribution in [3.8, 4) is 0 Å². The quantitative estimate of drug-likeness (QED) is 0.872. The van der Waals surface area contributed by atoms with Crippen LogP contribution in [-0.2, 0) is 6.54 Å². The number of benzene rings is 1.